The fourth-order valence-corrected chi connectivity index (χ4v) is 3.75. The van der Waals surface area contributed by atoms with E-state index in [1.54, 1.807) is 6.92 Å². The lowest BCUT2D eigenvalue weighted by atomic mass is 10.2. The summed E-state index contributed by atoms with van der Waals surface area (Å²) in [6, 6.07) is 2.30. The van der Waals surface area contributed by atoms with E-state index in [1.165, 1.54) is 6.07 Å². The van der Waals surface area contributed by atoms with Crippen LogP contribution in [0, 0.1) is 0 Å². The molecule has 0 atom stereocenters. The summed E-state index contributed by atoms with van der Waals surface area (Å²) in [5, 5.41) is 0.00341. The molecule has 0 spiro atoms. The molecular weight excluding hydrogens is 339 g/mol. The third-order valence-corrected chi connectivity index (χ3v) is 5.06. The summed E-state index contributed by atoms with van der Waals surface area (Å²) in [4.78, 5) is 16.5. The molecule has 0 unspecified atom stereocenters. The summed E-state index contributed by atoms with van der Waals surface area (Å²) in [5.74, 6) is -0.638. The van der Waals surface area contributed by atoms with E-state index in [9.17, 15) is 13.2 Å². The van der Waals surface area contributed by atoms with Gasteiger partial charge in [0.15, 0.2) is 0 Å². The van der Waals surface area contributed by atoms with Gasteiger partial charge >= 0.3 is 0 Å². The normalized spacial score (nSPS) is 15.0. The molecule has 1 saturated carbocycles. The van der Waals surface area contributed by atoms with Crippen molar-refractivity contribution < 1.29 is 18.0 Å². The average Bonchev–Trinajstić information content (AvgIpc) is 3.18. The van der Waals surface area contributed by atoms with Crippen molar-refractivity contribution in [2.75, 3.05) is 6.61 Å². The Morgan fingerprint density at radius 2 is 2.00 bits per heavy atom. The van der Waals surface area contributed by atoms with Crippen molar-refractivity contribution in [3.05, 3.63) is 27.7 Å². The van der Waals surface area contributed by atoms with E-state index in [2.05, 4.69) is 10.2 Å². The molecule has 2 rings (SSSR count). The number of benzene rings is 1. The maximum Gasteiger partial charge on any atom is 0.276 e. The van der Waals surface area contributed by atoms with Crippen molar-refractivity contribution in [1.82, 2.24) is 10.2 Å². The highest BCUT2D eigenvalue weighted by molar-refractivity contribution is 7.89. The smallest absolute Gasteiger partial charge is 0.274 e. The van der Waals surface area contributed by atoms with Crippen molar-refractivity contribution in [3.63, 3.8) is 0 Å². The minimum Gasteiger partial charge on any atom is -0.274 e. The van der Waals surface area contributed by atoms with Crippen LogP contribution in [0.25, 0.3) is 0 Å². The zero-order valence-corrected chi connectivity index (χ0v) is 13.5. The quantitative estimate of drug-likeness (QED) is 0.768. The Hall–Kier alpha value is -0.860. The lowest BCUT2D eigenvalue weighted by molar-refractivity contribution is 0.0364. The number of hydrogen-bond acceptors (Lipinski definition) is 4. The molecular formula is C12H14Cl2N2O4S. The van der Waals surface area contributed by atoms with Crippen LogP contribution in [0.15, 0.2) is 17.0 Å². The number of hydrogen-bond donors (Lipinski definition) is 2. The fourth-order valence-electron chi connectivity index (χ4n) is 1.59. The zero-order valence-electron chi connectivity index (χ0n) is 11.2. The number of amides is 1. The summed E-state index contributed by atoms with van der Waals surface area (Å²) < 4.78 is 26.9. The first-order chi connectivity index (χ1) is 9.85. The third kappa shape index (κ3) is 4.08. The molecule has 116 valence electrons. The second-order valence-corrected chi connectivity index (χ2v) is 7.02. The first-order valence-electron chi connectivity index (χ1n) is 6.28. The summed E-state index contributed by atoms with van der Waals surface area (Å²) >= 11 is 11.9. The highest BCUT2D eigenvalue weighted by Crippen LogP contribution is 2.30. The second-order valence-electron chi connectivity index (χ2n) is 4.52. The van der Waals surface area contributed by atoms with Crippen LogP contribution >= 0.6 is 23.2 Å². The Labute approximate surface area is 132 Å². The molecule has 1 amide bonds. The molecule has 0 bridgehead atoms. The van der Waals surface area contributed by atoms with Crippen molar-refractivity contribution >= 4 is 39.1 Å². The Bertz CT molecular complexity index is 659. The monoisotopic (exact) mass is 352 g/mol. The van der Waals surface area contributed by atoms with E-state index in [-0.39, 0.29) is 33.2 Å². The van der Waals surface area contributed by atoms with Crippen molar-refractivity contribution in [1.29, 1.82) is 0 Å². The van der Waals surface area contributed by atoms with Gasteiger partial charge in [-0.1, -0.05) is 23.2 Å². The standard InChI is InChI=1S/C12H14Cl2N2O4S/c1-2-20-15-12(17)8-5-11(10(14)6-9(8)13)21(18,19)16-7-3-4-7/h5-7,16H,2-4H2,1H3,(H,15,17). The molecule has 21 heavy (non-hydrogen) atoms. The van der Waals surface area contributed by atoms with Gasteiger partial charge in [0.1, 0.15) is 4.90 Å². The molecule has 0 heterocycles. The van der Waals surface area contributed by atoms with Gasteiger partial charge in [-0.3, -0.25) is 9.63 Å². The minimum atomic E-state index is -3.78. The average molecular weight is 353 g/mol. The minimum absolute atomic E-state index is 0.0225. The van der Waals surface area contributed by atoms with E-state index in [1.807, 2.05) is 0 Å². The van der Waals surface area contributed by atoms with Crippen LogP contribution in [0.3, 0.4) is 0 Å². The van der Waals surface area contributed by atoms with Crippen LogP contribution in [0.1, 0.15) is 30.1 Å². The predicted molar refractivity (Wildman–Crippen MR) is 78.9 cm³/mol. The molecule has 1 aliphatic carbocycles. The summed E-state index contributed by atoms with van der Waals surface area (Å²) in [6.45, 7) is 1.96. The van der Waals surface area contributed by atoms with Gasteiger partial charge in [0.25, 0.3) is 5.91 Å². The Balaban J connectivity index is 2.35. The molecule has 9 heteroatoms. The van der Waals surface area contributed by atoms with Gasteiger partial charge < -0.3 is 0 Å². The van der Waals surface area contributed by atoms with Gasteiger partial charge in [-0.2, -0.15) is 0 Å². The Morgan fingerprint density at radius 3 is 2.57 bits per heavy atom. The van der Waals surface area contributed by atoms with E-state index in [4.69, 9.17) is 28.0 Å². The van der Waals surface area contributed by atoms with E-state index >= 15 is 0 Å². The molecule has 1 aromatic rings. The van der Waals surface area contributed by atoms with Crippen molar-refractivity contribution in [2.24, 2.45) is 0 Å². The largest absolute Gasteiger partial charge is 0.276 e. The first-order valence-corrected chi connectivity index (χ1v) is 8.52. The number of sulfonamides is 1. The molecule has 6 nitrogen and oxygen atoms in total. The summed E-state index contributed by atoms with van der Waals surface area (Å²) in [5.41, 5.74) is 2.14. The van der Waals surface area contributed by atoms with Crippen LogP contribution in [0.5, 0.6) is 0 Å². The number of rotatable bonds is 6. The lowest BCUT2D eigenvalue weighted by Crippen LogP contribution is -2.27. The van der Waals surface area contributed by atoms with E-state index in [0.717, 1.165) is 18.9 Å². The van der Waals surface area contributed by atoms with Crippen LogP contribution < -0.4 is 10.2 Å². The van der Waals surface area contributed by atoms with Crippen LogP contribution in [0.2, 0.25) is 10.0 Å². The van der Waals surface area contributed by atoms with Gasteiger partial charge in [-0.15, -0.1) is 0 Å². The predicted octanol–water partition coefficient (Wildman–Crippen LogP) is 2.12. The number of carbonyl (C=O) groups excluding carboxylic acids is 1. The number of nitrogens with one attached hydrogen (secondary N) is 2. The molecule has 0 aliphatic heterocycles. The number of carbonyl (C=O) groups is 1. The topological polar surface area (TPSA) is 84.5 Å². The lowest BCUT2D eigenvalue weighted by Gasteiger charge is -2.11. The van der Waals surface area contributed by atoms with Crippen LogP contribution in [-0.4, -0.2) is 27.0 Å². The SMILES string of the molecule is CCONC(=O)c1cc(S(=O)(=O)NC2CC2)c(Cl)cc1Cl. The molecule has 0 aromatic heterocycles. The molecule has 1 aliphatic rings. The fraction of sp³-hybridized carbons (Fsp3) is 0.417. The van der Waals surface area contributed by atoms with Gasteiger partial charge in [0.2, 0.25) is 10.0 Å². The van der Waals surface area contributed by atoms with Gasteiger partial charge in [0.05, 0.1) is 22.2 Å². The second kappa shape index (κ2) is 6.50. The third-order valence-electron chi connectivity index (χ3n) is 2.76. The highest BCUT2D eigenvalue weighted by Gasteiger charge is 2.30. The highest BCUT2D eigenvalue weighted by atomic mass is 35.5. The zero-order chi connectivity index (χ0) is 15.6. The van der Waals surface area contributed by atoms with Crippen molar-refractivity contribution in [2.45, 2.75) is 30.7 Å². The molecule has 0 radical (unpaired) electrons. The first kappa shape index (κ1) is 16.5. The summed E-state index contributed by atoms with van der Waals surface area (Å²) in [7, 11) is -3.78. The van der Waals surface area contributed by atoms with Gasteiger partial charge in [0, 0.05) is 6.04 Å². The molecule has 0 saturated heterocycles. The van der Waals surface area contributed by atoms with Crippen LogP contribution in [-0.2, 0) is 14.9 Å². The maximum absolute atomic E-state index is 12.2. The van der Waals surface area contributed by atoms with Gasteiger partial charge in [-0.05, 0) is 31.9 Å². The Kier molecular flexibility index (Phi) is 5.11. The molecule has 1 fully saturated rings. The summed E-state index contributed by atoms with van der Waals surface area (Å²) in [6.07, 6.45) is 1.59. The molecule has 1 aromatic carbocycles. The maximum atomic E-state index is 12.2. The number of halogens is 2. The molecule has 2 N–H and O–H groups in total. The van der Waals surface area contributed by atoms with E-state index in [0.29, 0.717) is 0 Å². The number of hydroxylamine groups is 1. The van der Waals surface area contributed by atoms with E-state index < -0.39 is 15.9 Å². The van der Waals surface area contributed by atoms with Crippen molar-refractivity contribution in [3.8, 4) is 0 Å². The Morgan fingerprint density at radius 1 is 1.33 bits per heavy atom. The van der Waals surface area contributed by atoms with Crippen LogP contribution in [0.4, 0.5) is 0 Å². The van der Waals surface area contributed by atoms with Gasteiger partial charge in [-0.25, -0.2) is 18.6 Å².